The molecule has 1 heterocycles. The first-order valence-electron chi connectivity index (χ1n) is 7.11. The molecule has 1 saturated heterocycles. The Morgan fingerprint density at radius 1 is 1.18 bits per heavy atom. The maximum atomic E-state index is 12.5. The Bertz CT molecular complexity index is 279. The number of carbonyl (C=O) groups excluding carboxylic acids is 1. The summed E-state index contributed by atoms with van der Waals surface area (Å²) in [6.07, 6.45) is 6.09. The molecule has 1 aliphatic carbocycles. The zero-order valence-corrected chi connectivity index (χ0v) is 11.4. The predicted octanol–water partition coefficient (Wildman–Crippen LogP) is 2.02. The monoisotopic (exact) mass is 238 g/mol. The number of rotatable bonds is 2. The van der Waals surface area contributed by atoms with Gasteiger partial charge in [-0.05, 0) is 38.6 Å². The Labute approximate surface area is 105 Å². The molecule has 4 atom stereocenters. The lowest BCUT2D eigenvalue weighted by atomic mass is 9.84. The van der Waals surface area contributed by atoms with Crippen LogP contribution in [0.5, 0.6) is 0 Å². The van der Waals surface area contributed by atoms with Gasteiger partial charge >= 0.3 is 0 Å². The molecule has 0 aromatic heterocycles. The van der Waals surface area contributed by atoms with Gasteiger partial charge in [-0.3, -0.25) is 4.79 Å². The molecule has 1 N–H and O–H groups in total. The minimum absolute atomic E-state index is 0.203. The van der Waals surface area contributed by atoms with Crippen molar-refractivity contribution in [2.45, 2.75) is 58.0 Å². The van der Waals surface area contributed by atoms with Gasteiger partial charge in [0.1, 0.15) is 0 Å². The standard InChI is InChI=1S/C14H26N2O/c1-10-6-4-5-7-13(10)16(3)14(17)12-8-9-15-11(12)2/h10-13,15H,4-9H2,1-3H3. The van der Waals surface area contributed by atoms with E-state index in [0.29, 0.717) is 23.9 Å². The van der Waals surface area contributed by atoms with Gasteiger partial charge in [0.25, 0.3) is 0 Å². The van der Waals surface area contributed by atoms with Crippen LogP contribution in [0, 0.1) is 11.8 Å². The van der Waals surface area contributed by atoms with Gasteiger partial charge in [0, 0.05) is 19.1 Å². The van der Waals surface area contributed by atoms with Crippen molar-refractivity contribution in [1.82, 2.24) is 10.2 Å². The number of hydrogen-bond donors (Lipinski definition) is 1. The smallest absolute Gasteiger partial charge is 0.227 e. The summed E-state index contributed by atoms with van der Waals surface area (Å²) in [4.78, 5) is 14.5. The van der Waals surface area contributed by atoms with E-state index in [2.05, 4.69) is 24.1 Å². The van der Waals surface area contributed by atoms with Gasteiger partial charge in [0.15, 0.2) is 0 Å². The van der Waals surface area contributed by atoms with Crippen molar-refractivity contribution in [3.8, 4) is 0 Å². The molecule has 0 radical (unpaired) electrons. The third-order valence-corrected chi connectivity index (χ3v) is 4.75. The van der Waals surface area contributed by atoms with Crippen LogP contribution in [0.3, 0.4) is 0 Å². The predicted molar refractivity (Wildman–Crippen MR) is 69.8 cm³/mol. The molecule has 1 saturated carbocycles. The molecule has 1 aliphatic heterocycles. The summed E-state index contributed by atoms with van der Waals surface area (Å²) < 4.78 is 0. The average molecular weight is 238 g/mol. The summed E-state index contributed by atoms with van der Waals surface area (Å²) >= 11 is 0. The van der Waals surface area contributed by atoms with Crippen molar-refractivity contribution in [1.29, 1.82) is 0 Å². The van der Waals surface area contributed by atoms with Gasteiger partial charge in [0.2, 0.25) is 5.91 Å². The molecule has 0 aromatic rings. The highest BCUT2D eigenvalue weighted by Crippen LogP contribution is 2.29. The summed E-state index contributed by atoms with van der Waals surface area (Å²) in [6, 6.07) is 0.827. The van der Waals surface area contributed by atoms with Gasteiger partial charge in [-0.25, -0.2) is 0 Å². The Morgan fingerprint density at radius 2 is 1.88 bits per heavy atom. The van der Waals surface area contributed by atoms with Crippen LogP contribution in [0.2, 0.25) is 0 Å². The molecule has 3 nitrogen and oxygen atoms in total. The zero-order chi connectivity index (χ0) is 12.4. The molecule has 2 rings (SSSR count). The Kier molecular flexibility index (Phi) is 4.08. The van der Waals surface area contributed by atoms with Crippen molar-refractivity contribution in [3.05, 3.63) is 0 Å². The van der Waals surface area contributed by atoms with Crippen LogP contribution in [0.4, 0.5) is 0 Å². The second-order valence-electron chi connectivity index (χ2n) is 5.92. The van der Waals surface area contributed by atoms with E-state index in [-0.39, 0.29) is 5.92 Å². The van der Waals surface area contributed by atoms with E-state index in [1.807, 2.05) is 7.05 Å². The van der Waals surface area contributed by atoms with Crippen molar-refractivity contribution >= 4 is 5.91 Å². The number of amides is 1. The molecule has 2 fully saturated rings. The first-order chi connectivity index (χ1) is 8.11. The molecular formula is C14H26N2O. The Hall–Kier alpha value is -0.570. The summed E-state index contributed by atoms with van der Waals surface area (Å²) in [7, 11) is 2.01. The fourth-order valence-electron chi connectivity index (χ4n) is 3.49. The molecule has 0 spiro atoms. The van der Waals surface area contributed by atoms with Gasteiger partial charge in [-0.2, -0.15) is 0 Å². The second kappa shape index (κ2) is 5.38. The summed E-state index contributed by atoms with van der Waals surface area (Å²) in [5.41, 5.74) is 0. The van der Waals surface area contributed by atoms with Crippen LogP contribution < -0.4 is 5.32 Å². The second-order valence-corrected chi connectivity index (χ2v) is 5.92. The topological polar surface area (TPSA) is 32.3 Å². The highest BCUT2D eigenvalue weighted by molar-refractivity contribution is 5.80. The van der Waals surface area contributed by atoms with Crippen LogP contribution in [-0.4, -0.2) is 36.5 Å². The van der Waals surface area contributed by atoms with E-state index in [1.165, 1.54) is 25.7 Å². The van der Waals surface area contributed by atoms with Crippen LogP contribution in [-0.2, 0) is 4.79 Å². The third-order valence-electron chi connectivity index (χ3n) is 4.75. The highest BCUT2D eigenvalue weighted by atomic mass is 16.2. The molecular weight excluding hydrogens is 212 g/mol. The number of hydrogen-bond acceptors (Lipinski definition) is 2. The zero-order valence-electron chi connectivity index (χ0n) is 11.4. The van der Waals surface area contributed by atoms with Gasteiger partial charge in [-0.1, -0.05) is 19.8 Å². The van der Waals surface area contributed by atoms with E-state index in [4.69, 9.17) is 0 Å². The van der Waals surface area contributed by atoms with Crippen LogP contribution >= 0.6 is 0 Å². The molecule has 0 bridgehead atoms. The van der Waals surface area contributed by atoms with E-state index in [0.717, 1.165) is 13.0 Å². The van der Waals surface area contributed by atoms with Gasteiger partial charge < -0.3 is 10.2 Å². The van der Waals surface area contributed by atoms with E-state index >= 15 is 0 Å². The van der Waals surface area contributed by atoms with Crippen molar-refractivity contribution in [2.75, 3.05) is 13.6 Å². The fraction of sp³-hybridized carbons (Fsp3) is 0.929. The quantitative estimate of drug-likeness (QED) is 0.798. The van der Waals surface area contributed by atoms with Crippen LogP contribution in [0.15, 0.2) is 0 Å². The minimum atomic E-state index is 0.203. The maximum Gasteiger partial charge on any atom is 0.227 e. The normalized spacial score (nSPS) is 38.1. The lowest BCUT2D eigenvalue weighted by Gasteiger charge is -2.38. The molecule has 2 aliphatic rings. The highest BCUT2D eigenvalue weighted by Gasteiger charge is 2.35. The Morgan fingerprint density at radius 3 is 2.47 bits per heavy atom. The molecule has 4 unspecified atom stereocenters. The van der Waals surface area contributed by atoms with E-state index in [9.17, 15) is 4.79 Å². The molecule has 98 valence electrons. The molecule has 3 heteroatoms. The van der Waals surface area contributed by atoms with E-state index < -0.39 is 0 Å². The third kappa shape index (κ3) is 2.65. The van der Waals surface area contributed by atoms with Crippen LogP contribution in [0.25, 0.3) is 0 Å². The molecule has 0 aromatic carbocycles. The van der Waals surface area contributed by atoms with Crippen molar-refractivity contribution < 1.29 is 4.79 Å². The van der Waals surface area contributed by atoms with Crippen molar-refractivity contribution in [2.24, 2.45) is 11.8 Å². The SMILES string of the molecule is CC1CCCCC1N(C)C(=O)C1CCNC1C. The van der Waals surface area contributed by atoms with E-state index in [1.54, 1.807) is 0 Å². The number of carbonyl (C=O) groups is 1. The van der Waals surface area contributed by atoms with Gasteiger partial charge in [0.05, 0.1) is 5.92 Å². The fourth-order valence-corrected chi connectivity index (χ4v) is 3.49. The maximum absolute atomic E-state index is 12.5. The van der Waals surface area contributed by atoms with Gasteiger partial charge in [-0.15, -0.1) is 0 Å². The lowest BCUT2D eigenvalue weighted by Crippen LogP contribution is -2.47. The summed E-state index contributed by atoms with van der Waals surface area (Å²) in [5, 5.41) is 3.37. The lowest BCUT2D eigenvalue weighted by molar-refractivity contribution is -0.138. The first kappa shape index (κ1) is 12.9. The summed E-state index contributed by atoms with van der Waals surface area (Å²) in [6.45, 7) is 5.42. The largest absolute Gasteiger partial charge is 0.342 e. The van der Waals surface area contributed by atoms with Crippen molar-refractivity contribution in [3.63, 3.8) is 0 Å². The Balaban J connectivity index is 1.98. The average Bonchev–Trinajstić information content (AvgIpc) is 2.74. The first-order valence-corrected chi connectivity index (χ1v) is 7.11. The van der Waals surface area contributed by atoms with Crippen LogP contribution in [0.1, 0.15) is 46.0 Å². The number of nitrogens with zero attached hydrogens (tertiary/aromatic N) is 1. The molecule has 17 heavy (non-hydrogen) atoms. The minimum Gasteiger partial charge on any atom is -0.342 e. The molecule has 1 amide bonds. The summed E-state index contributed by atoms with van der Waals surface area (Å²) in [5.74, 6) is 1.23. The number of nitrogens with one attached hydrogen (secondary N) is 1.